The number of quaternary nitrogens is 1. The Morgan fingerprint density at radius 1 is 1.06 bits per heavy atom. The van der Waals surface area contributed by atoms with Crippen molar-refractivity contribution in [1.82, 2.24) is 0 Å². The molecule has 4 heteroatoms. The van der Waals surface area contributed by atoms with Gasteiger partial charge in [0.15, 0.2) is 5.69 Å². The van der Waals surface area contributed by atoms with E-state index in [-0.39, 0.29) is 0 Å². The molecular formula is C13H10INO2. The zero-order valence-electron chi connectivity index (χ0n) is 8.90. The lowest BCUT2D eigenvalue weighted by molar-refractivity contribution is -0.991. The van der Waals surface area contributed by atoms with E-state index in [1.807, 2.05) is 6.07 Å². The Balaban J connectivity index is 2.12. The Hall–Kier alpha value is -0.950. The first-order valence-electron chi connectivity index (χ1n) is 5.30. The van der Waals surface area contributed by atoms with E-state index in [0.29, 0.717) is 5.69 Å². The van der Waals surface area contributed by atoms with Crippen molar-refractivity contribution in [2.75, 3.05) is 0 Å². The average molecular weight is 339 g/mol. The molecule has 1 unspecified atom stereocenters. The monoisotopic (exact) mass is 339 g/mol. The Labute approximate surface area is 112 Å². The molecule has 0 bridgehead atoms. The molecule has 0 saturated carbocycles. The van der Waals surface area contributed by atoms with Gasteiger partial charge in [0, 0.05) is 15.7 Å². The van der Waals surface area contributed by atoms with Crippen LogP contribution in [0, 0.1) is 8.78 Å². The molecule has 2 N–H and O–H groups in total. The first kappa shape index (κ1) is 11.2. The quantitative estimate of drug-likeness (QED) is 0.528. The zero-order valence-corrected chi connectivity index (χ0v) is 11.1. The van der Waals surface area contributed by atoms with Gasteiger partial charge in [-0.1, -0.05) is 6.07 Å². The van der Waals surface area contributed by atoms with Crippen LogP contribution < -0.4 is 5.23 Å². The predicted octanol–water partition coefficient (Wildman–Crippen LogP) is 2.27. The molecule has 1 aliphatic carbocycles. The highest BCUT2D eigenvalue weighted by atomic mass is 127. The fraction of sp³-hybridized carbons (Fsp3) is 0.0769. The Morgan fingerprint density at radius 3 is 2.41 bits per heavy atom. The highest BCUT2D eigenvalue weighted by Gasteiger charge is 2.19. The maximum atomic E-state index is 10.9. The number of hydrogen-bond acceptors (Lipinski definition) is 2. The second kappa shape index (κ2) is 4.06. The van der Waals surface area contributed by atoms with Crippen LogP contribution in [0.5, 0.6) is 0 Å². The van der Waals surface area contributed by atoms with Gasteiger partial charge in [-0.25, -0.2) is 5.21 Å². The van der Waals surface area contributed by atoms with Crippen molar-refractivity contribution >= 4 is 28.3 Å². The summed E-state index contributed by atoms with van der Waals surface area (Å²) in [5, 5.41) is 19.0. The molecule has 0 fully saturated rings. The number of halogens is 1. The molecule has 0 saturated heterocycles. The van der Waals surface area contributed by atoms with E-state index in [4.69, 9.17) is 5.21 Å². The third kappa shape index (κ3) is 1.87. The molecule has 0 radical (unpaired) electrons. The largest absolute Gasteiger partial charge is 0.595 e. The molecule has 0 spiro atoms. The lowest BCUT2D eigenvalue weighted by atomic mass is 10.1. The molecule has 0 heterocycles. The standard InChI is InChI=1S/C13H10INO2/c14-10-1-3-12-8(6-10)5-9-7-11(15(16)17)2-4-13(9)12/h1-4,6-7,15-16H,5H2. The first-order chi connectivity index (χ1) is 8.15. The normalized spacial score (nSPS) is 14.3. The SMILES string of the molecule is [O-][NH+](O)c1ccc2c(c1)Cc1cc(I)ccc1-2. The minimum atomic E-state index is -0.863. The average Bonchev–Trinajstić information content (AvgIpc) is 2.64. The van der Waals surface area contributed by atoms with E-state index in [1.54, 1.807) is 12.1 Å². The molecule has 3 rings (SSSR count). The van der Waals surface area contributed by atoms with Crippen LogP contribution in [0.4, 0.5) is 5.69 Å². The Morgan fingerprint density at radius 2 is 1.71 bits per heavy atom. The van der Waals surface area contributed by atoms with E-state index < -0.39 is 5.23 Å². The van der Waals surface area contributed by atoms with E-state index >= 15 is 0 Å². The van der Waals surface area contributed by atoms with Crippen molar-refractivity contribution in [2.45, 2.75) is 6.42 Å². The summed E-state index contributed by atoms with van der Waals surface area (Å²) in [5.41, 5.74) is 5.17. The minimum Gasteiger partial charge on any atom is -0.595 e. The molecule has 86 valence electrons. The lowest BCUT2D eigenvalue weighted by Gasteiger charge is -2.12. The third-order valence-electron chi connectivity index (χ3n) is 3.09. The molecule has 3 nitrogen and oxygen atoms in total. The van der Waals surface area contributed by atoms with Gasteiger partial charge in [0.05, 0.1) is 0 Å². The number of benzene rings is 2. The molecule has 2 aromatic rings. The molecule has 0 amide bonds. The first-order valence-corrected chi connectivity index (χ1v) is 6.38. The summed E-state index contributed by atoms with van der Waals surface area (Å²) in [6, 6.07) is 11.7. The van der Waals surface area contributed by atoms with Gasteiger partial charge in [-0.3, -0.25) is 0 Å². The van der Waals surface area contributed by atoms with Crippen LogP contribution in [0.15, 0.2) is 36.4 Å². The van der Waals surface area contributed by atoms with Crippen LogP contribution >= 0.6 is 22.6 Å². The van der Waals surface area contributed by atoms with Crippen LogP contribution in [0.25, 0.3) is 11.1 Å². The topological polar surface area (TPSA) is 47.7 Å². The fourth-order valence-electron chi connectivity index (χ4n) is 2.31. The Bertz CT molecular complexity index is 596. The van der Waals surface area contributed by atoms with Gasteiger partial charge in [-0.2, -0.15) is 5.23 Å². The van der Waals surface area contributed by atoms with Crippen LogP contribution in [-0.4, -0.2) is 5.21 Å². The molecule has 0 aliphatic heterocycles. The highest BCUT2D eigenvalue weighted by Crippen LogP contribution is 2.37. The van der Waals surface area contributed by atoms with E-state index in [2.05, 4.69) is 40.8 Å². The molecular weight excluding hydrogens is 329 g/mol. The van der Waals surface area contributed by atoms with Crippen molar-refractivity contribution in [3.63, 3.8) is 0 Å². The molecule has 2 aromatic carbocycles. The minimum absolute atomic E-state index is 0.367. The highest BCUT2D eigenvalue weighted by molar-refractivity contribution is 14.1. The zero-order chi connectivity index (χ0) is 12.0. The van der Waals surface area contributed by atoms with Crippen LogP contribution in [0.2, 0.25) is 0 Å². The van der Waals surface area contributed by atoms with Crippen LogP contribution in [0.3, 0.4) is 0 Å². The number of rotatable bonds is 1. The molecule has 1 aliphatic rings. The summed E-state index contributed by atoms with van der Waals surface area (Å²) in [6.07, 6.45) is 0.836. The van der Waals surface area contributed by atoms with Gasteiger partial charge in [0.2, 0.25) is 0 Å². The summed E-state index contributed by atoms with van der Waals surface area (Å²) >= 11 is 2.30. The Kier molecular flexibility index (Phi) is 2.67. The van der Waals surface area contributed by atoms with Gasteiger partial charge >= 0.3 is 0 Å². The second-order valence-electron chi connectivity index (χ2n) is 4.16. The van der Waals surface area contributed by atoms with Crippen molar-refractivity contribution < 1.29 is 10.4 Å². The van der Waals surface area contributed by atoms with Crippen molar-refractivity contribution in [1.29, 1.82) is 0 Å². The molecule has 0 aromatic heterocycles. The van der Waals surface area contributed by atoms with Gasteiger partial charge in [0.1, 0.15) is 0 Å². The van der Waals surface area contributed by atoms with Gasteiger partial charge < -0.3 is 5.21 Å². The van der Waals surface area contributed by atoms with Gasteiger partial charge in [-0.05, 0) is 69.5 Å². The summed E-state index contributed by atoms with van der Waals surface area (Å²) in [5.74, 6) is 0. The number of nitrogens with one attached hydrogen (secondary N) is 1. The summed E-state index contributed by atoms with van der Waals surface area (Å²) in [6.45, 7) is 0. The fourth-order valence-corrected chi connectivity index (χ4v) is 2.87. The number of hydrogen-bond donors (Lipinski definition) is 2. The smallest absolute Gasteiger partial charge is 0.164 e. The predicted molar refractivity (Wildman–Crippen MR) is 73.2 cm³/mol. The van der Waals surface area contributed by atoms with Crippen molar-refractivity contribution in [2.24, 2.45) is 0 Å². The number of fused-ring (bicyclic) bond motifs is 3. The molecule has 1 atom stereocenters. The van der Waals surface area contributed by atoms with Crippen molar-refractivity contribution in [3.8, 4) is 11.1 Å². The maximum absolute atomic E-state index is 10.9. The lowest BCUT2D eigenvalue weighted by Crippen LogP contribution is -2.99. The molecule has 17 heavy (non-hydrogen) atoms. The summed E-state index contributed by atoms with van der Waals surface area (Å²) < 4.78 is 1.22. The van der Waals surface area contributed by atoms with Crippen molar-refractivity contribution in [3.05, 3.63) is 56.3 Å². The van der Waals surface area contributed by atoms with Gasteiger partial charge in [0.25, 0.3) is 0 Å². The maximum Gasteiger partial charge on any atom is 0.164 e. The summed E-state index contributed by atoms with van der Waals surface area (Å²) in [7, 11) is 0. The van der Waals surface area contributed by atoms with Crippen LogP contribution in [0.1, 0.15) is 11.1 Å². The van der Waals surface area contributed by atoms with E-state index in [1.165, 1.54) is 20.3 Å². The third-order valence-corrected chi connectivity index (χ3v) is 3.76. The van der Waals surface area contributed by atoms with E-state index in [9.17, 15) is 5.21 Å². The second-order valence-corrected chi connectivity index (χ2v) is 5.40. The van der Waals surface area contributed by atoms with Crippen LogP contribution in [-0.2, 0) is 6.42 Å². The van der Waals surface area contributed by atoms with Gasteiger partial charge in [-0.15, -0.1) is 0 Å². The van der Waals surface area contributed by atoms with E-state index in [0.717, 1.165) is 12.0 Å². The summed E-state index contributed by atoms with van der Waals surface area (Å²) in [4.78, 5) is 0.